The molecule has 2 atom stereocenters. The van der Waals surface area contributed by atoms with Crippen LogP contribution in [0.3, 0.4) is 0 Å². The highest BCUT2D eigenvalue weighted by Crippen LogP contribution is 2.57. The second kappa shape index (κ2) is 4.87. The fourth-order valence-corrected chi connectivity index (χ4v) is 5.50. The van der Waals surface area contributed by atoms with Crippen molar-refractivity contribution in [2.45, 2.75) is 71.8 Å². The maximum absolute atomic E-state index is 5.41. The summed E-state index contributed by atoms with van der Waals surface area (Å²) in [5, 5.41) is 8.01. The predicted molar refractivity (Wildman–Crippen MR) is 98.5 cm³/mol. The third kappa shape index (κ3) is 2.00. The van der Waals surface area contributed by atoms with Gasteiger partial charge in [0.15, 0.2) is 0 Å². The molecule has 1 saturated carbocycles. The molecule has 0 bridgehead atoms. The van der Waals surface area contributed by atoms with Crippen LogP contribution in [0.2, 0.25) is 0 Å². The molecular formula is C21H28N2O. The van der Waals surface area contributed by atoms with E-state index in [-0.39, 0.29) is 11.0 Å². The highest BCUT2D eigenvalue weighted by atomic mass is 16.5. The van der Waals surface area contributed by atoms with Crippen molar-refractivity contribution in [3.8, 4) is 11.1 Å². The monoisotopic (exact) mass is 324 g/mol. The number of nitrogens with zero attached hydrogens (tertiary/aromatic N) is 1. The molecule has 1 fully saturated rings. The molecule has 1 aliphatic carbocycles. The molecule has 3 heteroatoms. The maximum Gasteiger partial charge on any atom is 0.141 e. The van der Waals surface area contributed by atoms with Crippen LogP contribution in [-0.2, 0) is 5.41 Å². The van der Waals surface area contributed by atoms with Crippen LogP contribution in [0.25, 0.3) is 11.1 Å². The quantitative estimate of drug-likeness (QED) is 0.749. The summed E-state index contributed by atoms with van der Waals surface area (Å²) in [6, 6.07) is 4.68. The molecule has 128 valence electrons. The fraction of sp³-hybridized carbons (Fsp3) is 0.571. The third-order valence-corrected chi connectivity index (χ3v) is 6.55. The summed E-state index contributed by atoms with van der Waals surface area (Å²) in [7, 11) is 0. The molecule has 0 amide bonds. The summed E-state index contributed by atoms with van der Waals surface area (Å²) in [5.41, 5.74) is 7.93. The number of benzene rings is 1. The number of aryl methyl sites for hydroxylation is 3. The van der Waals surface area contributed by atoms with Crippen LogP contribution >= 0.6 is 0 Å². The Bertz CT molecular complexity index is 798. The van der Waals surface area contributed by atoms with E-state index in [0.717, 1.165) is 17.0 Å². The zero-order chi connectivity index (χ0) is 17.3. The first-order valence-corrected chi connectivity index (χ1v) is 9.10. The molecule has 24 heavy (non-hydrogen) atoms. The van der Waals surface area contributed by atoms with E-state index >= 15 is 0 Å². The van der Waals surface area contributed by atoms with E-state index in [1.165, 1.54) is 41.6 Å². The van der Waals surface area contributed by atoms with Crippen LogP contribution in [0.5, 0.6) is 0 Å². The van der Waals surface area contributed by atoms with Gasteiger partial charge in [0.25, 0.3) is 0 Å². The molecule has 1 aromatic heterocycles. The Labute approximate surface area is 144 Å². The van der Waals surface area contributed by atoms with Crippen molar-refractivity contribution < 1.29 is 4.52 Å². The fourth-order valence-electron chi connectivity index (χ4n) is 5.50. The largest absolute Gasteiger partial charge is 0.379 e. The van der Waals surface area contributed by atoms with E-state index in [1.807, 2.05) is 13.8 Å². The van der Waals surface area contributed by atoms with Gasteiger partial charge in [0.05, 0.1) is 5.69 Å². The summed E-state index contributed by atoms with van der Waals surface area (Å²) < 4.78 is 5.41. The Morgan fingerprint density at radius 1 is 1.17 bits per heavy atom. The van der Waals surface area contributed by atoms with Crippen LogP contribution in [-0.4, -0.2) is 10.7 Å². The van der Waals surface area contributed by atoms with E-state index in [9.17, 15) is 0 Å². The summed E-state index contributed by atoms with van der Waals surface area (Å²) in [4.78, 5) is 0. The summed E-state index contributed by atoms with van der Waals surface area (Å²) in [6.45, 7) is 13.5. The summed E-state index contributed by atoms with van der Waals surface area (Å²) in [6.07, 6.45) is 3.91. The lowest BCUT2D eigenvalue weighted by molar-refractivity contribution is 0.230. The van der Waals surface area contributed by atoms with E-state index in [0.29, 0.717) is 5.92 Å². The second-order valence-corrected chi connectivity index (χ2v) is 8.62. The zero-order valence-corrected chi connectivity index (χ0v) is 15.7. The SMILES string of the molecule is Cc1cc(-c2c(C)noc2C)cc2c1NC(C)(C)C1CCCC21C. The molecule has 2 aliphatic rings. The van der Waals surface area contributed by atoms with E-state index < -0.39 is 0 Å². The van der Waals surface area contributed by atoms with Crippen LogP contribution in [0.15, 0.2) is 16.7 Å². The van der Waals surface area contributed by atoms with Crippen LogP contribution in [0.1, 0.15) is 62.6 Å². The first-order chi connectivity index (χ1) is 11.2. The molecule has 1 aromatic carbocycles. The van der Waals surface area contributed by atoms with Gasteiger partial charge in [0.2, 0.25) is 0 Å². The van der Waals surface area contributed by atoms with Crippen LogP contribution in [0, 0.1) is 26.7 Å². The van der Waals surface area contributed by atoms with E-state index in [1.54, 1.807) is 0 Å². The first kappa shape index (κ1) is 15.7. The molecule has 3 nitrogen and oxygen atoms in total. The number of hydrogen-bond acceptors (Lipinski definition) is 3. The summed E-state index contributed by atoms with van der Waals surface area (Å²) >= 11 is 0. The van der Waals surface area contributed by atoms with Gasteiger partial charge >= 0.3 is 0 Å². The van der Waals surface area contributed by atoms with Crippen LogP contribution in [0.4, 0.5) is 5.69 Å². The Kier molecular flexibility index (Phi) is 3.20. The van der Waals surface area contributed by atoms with Gasteiger partial charge in [-0.2, -0.15) is 0 Å². The minimum Gasteiger partial charge on any atom is -0.379 e. The van der Waals surface area contributed by atoms with Crippen molar-refractivity contribution in [2.75, 3.05) is 5.32 Å². The van der Waals surface area contributed by atoms with Gasteiger partial charge in [-0.15, -0.1) is 0 Å². The molecule has 0 saturated heterocycles. The molecule has 4 rings (SSSR count). The summed E-state index contributed by atoms with van der Waals surface area (Å²) in [5.74, 6) is 1.58. The van der Waals surface area contributed by atoms with Crippen molar-refractivity contribution in [2.24, 2.45) is 5.92 Å². The molecule has 0 spiro atoms. The molecule has 2 heterocycles. The minimum absolute atomic E-state index is 0.146. The maximum atomic E-state index is 5.41. The lowest BCUT2D eigenvalue weighted by atomic mass is 9.63. The Morgan fingerprint density at radius 2 is 1.92 bits per heavy atom. The van der Waals surface area contributed by atoms with Gasteiger partial charge < -0.3 is 9.84 Å². The van der Waals surface area contributed by atoms with Gasteiger partial charge in [0.1, 0.15) is 5.76 Å². The average Bonchev–Trinajstić information content (AvgIpc) is 3.05. The molecule has 1 aliphatic heterocycles. The molecule has 1 N–H and O–H groups in total. The smallest absolute Gasteiger partial charge is 0.141 e. The van der Waals surface area contributed by atoms with Gasteiger partial charge in [-0.1, -0.05) is 18.5 Å². The number of hydrogen-bond donors (Lipinski definition) is 1. The average molecular weight is 324 g/mol. The van der Waals surface area contributed by atoms with E-state index in [4.69, 9.17) is 4.52 Å². The normalized spacial score (nSPS) is 27.5. The lowest BCUT2D eigenvalue weighted by Crippen LogP contribution is -2.51. The van der Waals surface area contributed by atoms with Crippen molar-refractivity contribution in [1.82, 2.24) is 5.16 Å². The predicted octanol–water partition coefficient (Wildman–Crippen LogP) is 5.53. The third-order valence-electron chi connectivity index (χ3n) is 6.55. The number of nitrogens with one attached hydrogen (secondary N) is 1. The molecule has 2 unspecified atom stereocenters. The van der Waals surface area contributed by atoms with Gasteiger partial charge in [0, 0.05) is 16.8 Å². The van der Waals surface area contributed by atoms with Crippen LogP contribution < -0.4 is 5.32 Å². The lowest BCUT2D eigenvalue weighted by Gasteiger charge is -2.50. The topological polar surface area (TPSA) is 38.1 Å². The molecule has 2 aromatic rings. The van der Waals surface area contributed by atoms with Gasteiger partial charge in [-0.05, 0) is 87.6 Å². The second-order valence-electron chi connectivity index (χ2n) is 8.62. The minimum atomic E-state index is 0.146. The Morgan fingerprint density at radius 3 is 2.58 bits per heavy atom. The van der Waals surface area contributed by atoms with Crippen molar-refractivity contribution >= 4 is 5.69 Å². The highest BCUT2D eigenvalue weighted by Gasteiger charge is 2.52. The molecule has 0 radical (unpaired) electrons. The molecular weight excluding hydrogens is 296 g/mol. The van der Waals surface area contributed by atoms with E-state index in [2.05, 4.69) is 50.3 Å². The van der Waals surface area contributed by atoms with Crippen molar-refractivity contribution in [3.63, 3.8) is 0 Å². The van der Waals surface area contributed by atoms with Crippen molar-refractivity contribution in [1.29, 1.82) is 0 Å². The standard InChI is InChI=1S/C21H28N2O/c1-12-10-15(18-13(2)23-24-14(18)3)11-16-19(12)22-20(4,5)17-8-7-9-21(16,17)6/h10-11,17,22H,7-9H2,1-6H3. The number of fused-ring (bicyclic) bond motifs is 3. The highest BCUT2D eigenvalue weighted by molar-refractivity contribution is 5.76. The zero-order valence-electron chi connectivity index (χ0n) is 15.7. The van der Waals surface area contributed by atoms with Gasteiger partial charge in [-0.25, -0.2) is 0 Å². The number of aromatic nitrogens is 1. The Hall–Kier alpha value is -1.77. The first-order valence-electron chi connectivity index (χ1n) is 9.10. The Balaban J connectivity index is 1.96. The number of anilines is 1. The van der Waals surface area contributed by atoms with Gasteiger partial charge in [-0.3, -0.25) is 0 Å². The van der Waals surface area contributed by atoms with Crippen molar-refractivity contribution in [3.05, 3.63) is 34.7 Å². The number of rotatable bonds is 1.